The molecule has 6 nitrogen and oxygen atoms in total. The van der Waals surface area contributed by atoms with Crippen molar-refractivity contribution >= 4 is 16.0 Å². The molecule has 0 N–H and O–H groups in total. The summed E-state index contributed by atoms with van der Waals surface area (Å²) in [6, 6.07) is 0.955. The highest BCUT2D eigenvalue weighted by molar-refractivity contribution is 7.89. The van der Waals surface area contributed by atoms with Gasteiger partial charge in [-0.15, -0.1) is 0 Å². The Labute approximate surface area is 83.1 Å². The Kier molecular flexibility index (Phi) is 4.53. The number of methoxy groups -OCH3 is 1. The number of esters is 1. The van der Waals surface area contributed by atoms with Crippen molar-refractivity contribution in [3.8, 4) is 6.07 Å². The molecule has 0 aliphatic heterocycles. The van der Waals surface area contributed by atoms with Crippen LogP contribution in [0.1, 0.15) is 6.92 Å². The fourth-order valence-electron chi connectivity index (χ4n) is 0.632. The number of ether oxygens (including phenoxy) is 1. The summed E-state index contributed by atoms with van der Waals surface area (Å²) in [5.74, 6) is -1.59. The second kappa shape index (κ2) is 4.93. The highest BCUT2D eigenvalue weighted by Crippen LogP contribution is 2.03. The van der Waals surface area contributed by atoms with Crippen molar-refractivity contribution < 1.29 is 17.9 Å². The lowest BCUT2D eigenvalue weighted by molar-refractivity contribution is -0.137. The van der Waals surface area contributed by atoms with Crippen LogP contribution < -0.4 is 0 Å². The third kappa shape index (κ3) is 3.32. The third-order valence-electron chi connectivity index (χ3n) is 1.70. The van der Waals surface area contributed by atoms with E-state index in [-0.39, 0.29) is 0 Å². The summed E-state index contributed by atoms with van der Waals surface area (Å²) in [6.45, 7) is 1.43. The van der Waals surface area contributed by atoms with Crippen LogP contribution in [0.5, 0.6) is 0 Å². The molecule has 0 aliphatic rings. The van der Waals surface area contributed by atoms with Gasteiger partial charge in [0.25, 0.3) is 0 Å². The van der Waals surface area contributed by atoms with Crippen molar-refractivity contribution in [2.75, 3.05) is 19.9 Å². The molecule has 0 fully saturated rings. The minimum Gasteiger partial charge on any atom is -0.468 e. The predicted octanol–water partition coefficient (Wildman–Crippen LogP) is -0.667. The van der Waals surface area contributed by atoms with Crippen LogP contribution in [-0.4, -0.2) is 44.6 Å². The molecule has 80 valence electrons. The Balaban J connectivity index is 4.65. The SMILES string of the molecule is COC(=O)CS(=O)(=O)N(C)C(C)C#N. The monoisotopic (exact) mass is 220 g/mol. The Morgan fingerprint density at radius 3 is 2.50 bits per heavy atom. The average molecular weight is 220 g/mol. The fraction of sp³-hybridized carbons (Fsp3) is 0.714. The number of sulfonamides is 1. The fourth-order valence-corrected chi connectivity index (χ4v) is 1.78. The smallest absolute Gasteiger partial charge is 0.322 e. The molecule has 0 amide bonds. The van der Waals surface area contributed by atoms with Gasteiger partial charge in [0.05, 0.1) is 13.2 Å². The van der Waals surface area contributed by atoms with E-state index >= 15 is 0 Å². The lowest BCUT2D eigenvalue weighted by Crippen LogP contribution is -2.38. The minimum absolute atomic E-state index is 0.744. The molecule has 7 heteroatoms. The standard InChI is InChI=1S/C7H12N2O4S/c1-6(4-8)9(2)14(11,12)5-7(10)13-3/h6H,5H2,1-3H3. The van der Waals surface area contributed by atoms with Crippen LogP contribution in [0.15, 0.2) is 0 Å². The first-order valence-electron chi connectivity index (χ1n) is 3.77. The van der Waals surface area contributed by atoms with Crippen LogP contribution in [0.3, 0.4) is 0 Å². The second-order valence-corrected chi connectivity index (χ2v) is 4.68. The maximum Gasteiger partial charge on any atom is 0.322 e. The van der Waals surface area contributed by atoms with Gasteiger partial charge in [-0.25, -0.2) is 8.42 Å². The molecule has 0 saturated heterocycles. The quantitative estimate of drug-likeness (QED) is 0.586. The molecule has 1 atom stereocenters. The largest absolute Gasteiger partial charge is 0.468 e. The van der Waals surface area contributed by atoms with Crippen molar-refractivity contribution in [2.45, 2.75) is 13.0 Å². The Morgan fingerprint density at radius 2 is 2.14 bits per heavy atom. The van der Waals surface area contributed by atoms with Crippen molar-refractivity contribution in [3.63, 3.8) is 0 Å². The summed E-state index contributed by atoms with van der Waals surface area (Å²) in [7, 11) is -1.40. The molecule has 0 spiro atoms. The summed E-state index contributed by atoms with van der Waals surface area (Å²) >= 11 is 0. The van der Waals surface area contributed by atoms with E-state index in [4.69, 9.17) is 5.26 Å². The van der Waals surface area contributed by atoms with Gasteiger partial charge in [0.2, 0.25) is 10.0 Å². The van der Waals surface area contributed by atoms with E-state index in [0.29, 0.717) is 0 Å². The van der Waals surface area contributed by atoms with Crippen molar-refractivity contribution in [1.29, 1.82) is 5.26 Å². The minimum atomic E-state index is -3.75. The zero-order valence-corrected chi connectivity index (χ0v) is 9.04. The first kappa shape index (κ1) is 12.9. The van der Waals surface area contributed by atoms with E-state index in [1.54, 1.807) is 6.07 Å². The van der Waals surface area contributed by atoms with Gasteiger partial charge in [-0.1, -0.05) is 0 Å². The molecular weight excluding hydrogens is 208 g/mol. The van der Waals surface area contributed by atoms with E-state index in [0.717, 1.165) is 11.4 Å². The number of hydrogen-bond donors (Lipinski definition) is 0. The average Bonchev–Trinajstić information content (AvgIpc) is 2.14. The van der Waals surface area contributed by atoms with Gasteiger partial charge >= 0.3 is 5.97 Å². The van der Waals surface area contributed by atoms with Gasteiger partial charge in [0, 0.05) is 7.05 Å². The predicted molar refractivity (Wildman–Crippen MR) is 48.6 cm³/mol. The van der Waals surface area contributed by atoms with Gasteiger partial charge in [-0.05, 0) is 6.92 Å². The van der Waals surface area contributed by atoms with Crippen molar-refractivity contribution in [1.82, 2.24) is 4.31 Å². The van der Waals surface area contributed by atoms with E-state index in [2.05, 4.69) is 4.74 Å². The summed E-state index contributed by atoms with van der Waals surface area (Å²) in [5, 5.41) is 8.49. The normalized spacial score (nSPS) is 13.4. The lowest BCUT2D eigenvalue weighted by atomic mass is 10.4. The molecule has 0 bridgehead atoms. The highest BCUT2D eigenvalue weighted by Gasteiger charge is 2.26. The molecule has 1 unspecified atom stereocenters. The summed E-state index contributed by atoms with van der Waals surface area (Å²) in [4.78, 5) is 10.7. The van der Waals surface area contributed by atoms with E-state index in [9.17, 15) is 13.2 Å². The summed E-state index contributed by atoms with van der Waals surface area (Å²) < 4.78 is 27.8. The lowest BCUT2D eigenvalue weighted by Gasteiger charge is -2.17. The number of nitriles is 1. The topological polar surface area (TPSA) is 87.5 Å². The summed E-state index contributed by atoms with van der Waals surface area (Å²) in [5.41, 5.74) is 0. The maximum atomic E-state index is 11.4. The molecule has 0 aromatic carbocycles. The molecule has 0 aromatic rings. The van der Waals surface area contributed by atoms with Crippen LogP contribution in [0.25, 0.3) is 0 Å². The molecule has 0 saturated carbocycles. The zero-order valence-electron chi connectivity index (χ0n) is 8.22. The molecule has 0 heterocycles. The molecule has 0 aromatic heterocycles. The van der Waals surface area contributed by atoms with Gasteiger partial charge in [0.15, 0.2) is 5.75 Å². The van der Waals surface area contributed by atoms with Crippen molar-refractivity contribution in [2.24, 2.45) is 0 Å². The maximum absolute atomic E-state index is 11.4. The van der Waals surface area contributed by atoms with Crippen LogP contribution in [-0.2, 0) is 19.6 Å². The van der Waals surface area contributed by atoms with E-state index in [1.807, 2.05) is 0 Å². The first-order valence-corrected chi connectivity index (χ1v) is 5.38. The Hall–Kier alpha value is -1.13. The molecule has 0 radical (unpaired) electrons. The Bertz CT molecular complexity index is 343. The van der Waals surface area contributed by atoms with E-state index in [1.165, 1.54) is 14.0 Å². The van der Waals surface area contributed by atoms with Gasteiger partial charge in [-0.3, -0.25) is 4.79 Å². The number of nitrogens with zero attached hydrogens (tertiary/aromatic N) is 2. The molecule has 0 aliphatic carbocycles. The highest BCUT2D eigenvalue weighted by atomic mass is 32.2. The van der Waals surface area contributed by atoms with E-state index < -0.39 is 27.8 Å². The number of rotatable bonds is 4. The van der Waals surface area contributed by atoms with Crippen LogP contribution in [0, 0.1) is 11.3 Å². The Morgan fingerprint density at radius 1 is 1.64 bits per heavy atom. The van der Waals surface area contributed by atoms with Crippen LogP contribution in [0.2, 0.25) is 0 Å². The number of hydrogen-bond acceptors (Lipinski definition) is 5. The molecular formula is C7H12N2O4S. The second-order valence-electron chi connectivity index (χ2n) is 2.65. The van der Waals surface area contributed by atoms with Gasteiger partial charge in [-0.2, -0.15) is 9.57 Å². The van der Waals surface area contributed by atoms with Crippen LogP contribution >= 0.6 is 0 Å². The number of carbonyl (C=O) groups is 1. The first-order chi connectivity index (χ1) is 6.35. The zero-order chi connectivity index (χ0) is 11.4. The van der Waals surface area contributed by atoms with Gasteiger partial charge in [0.1, 0.15) is 6.04 Å². The van der Waals surface area contributed by atoms with Gasteiger partial charge < -0.3 is 4.74 Å². The molecule has 14 heavy (non-hydrogen) atoms. The summed E-state index contributed by atoms with van der Waals surface area (Å²) in [6.07, 6.45) is 0. The number of carbonyl (C=O) groups excluding carboxylic acids is 1. The van der Waals surface area contributed by atoms with Crippen molar-refractivity contribution in [3.05, 3.63) is 0 Å². The molecule has 0 rings (SSSR count). The van der Waals surface area contributed by atoms with Crippen LogP contribution in [0.4, 0.5) is 0 Å². The third-order valence-corrected chi connectivity index (χ3v) is 3.49.